The minimum atomic E-state index is -0.916. The molecular weight excluding hydrogens is 393 g/mol. The fourth-order valence-corrected chi connectivity index (χ4v) is 2.56. The number of carbonyl (C=O) groups is 2. The third kappa shape index (κ3) is 3.56. The van der Waals surface area contributed by atoms with Crippen LogP contribution in [0.1, 0.15) is 20.7 Å². The smallest absolute Gasteiger partial charge is 0.257 e. The Balaban J connectivity index is 1.95. The summed E-state index contributed by atoms with van der Waals surface area (Å²) in [7, 11) is 0. The van der Waals surface area contributed by atoms with Crippen LogP contribution < -0.4 is 11.1 Å². The van der Waals surface area contributed by atoms with Crippen molar-refractivity contribution in [2.24, 2.45) is 5.73 Å². The molecule has 0 saturated heterocycles. The van der Waals surface area contributed by atoms with Gasteiger partial charge in [-0.15, -0.1) is 0 Å². The minimum Gasteiger partial charge on any atom is -0.366 e. The molecule has 0 unspecified atom stereocenters. The number of hydrogen-bond donors (Lipinski definition) is 2. The van der Waals surface area contributed by atoms with Gasteiger partial charge in [-0.2, -0.15) is 5.10 Å². The average Bonchev–Trinajstić information content (AvgIpc) is 3.10. The van der Waals surface area contributed by atoms with Gasteiger partial charge in [-0.1, -0.05) is 15.9 Å². The predicted molar refractivity (Wildman–Crippen MR) is 91.9 cm³/mol. The third-order valence-corrected chi connectivity index (χ3v) is 3.85. The van der Waals surface area contributed by atoms with Gasteiger partial charge in [0.2, 0.25) is 0 Å². The largest absolute Gasteiger partial charge is 0.366 e. The Labute approximate surface area is 149 Å². The van der Waals surface area contributed by atoms with Gasteiger partial charge in [-0.05, 0) is 36.4 Å². The topological polar surface area (TPSA) is 103 Å². The van der Waals surface area contributed by atoms with Gasteiger partial charge < -0.3 is 11.1 Å². The highest BCUT2D eigenvalue weighted by Crippen LogP contribution is 2.22. The number of nitrogens with two attached hydrogens (primary N) is 1. The summed E-state index contributed by atoms with van der Waals surface area (Å²) in [6, 6.07) is 8.61. The Bertz CT molecular complexity index is 959. The van der Waals surface area contributed by atoms with Crippen LogP contribution in [-0.2, 0) is 0 Å². The number of amides is 2. The molecule has 0 aliphatic rings. The fraction of sp³-hybridized carbons (Fsp3) is 0. The number of rotatable bonds is 4. The maximum absolute atomic E-state index is 13.5. The van der Waals surface area contributed by atoms with E-state index in [9.17, 15) is 14.0 Å². The zero-order valence-electron chi connectivity index (χ0n) is 12.6. The number of hydrogen-bond acceptors (Lipinski definition) is 4. The van der Waals surface area contributed by atoms with Gasteiger partial charge in [0.05, 0.1) is 16.8 Å². The molecule has 2 aromatic carbocycles. The van der Waals surface area contributed by atoms with Crippen LogP contribution >= 0.6 is 15.9 Å². The Kier molecular flexibility index (Phi) is 4.57. The standard InChI is InChI=1S/C16H11BrFN5O2/c17-9-1-3-11(14(5-9)23-8-20-7-21-23)16(25)22-10-2-4-13(18)12(6-10)15(19)24/h1-8H,(H2,19,24)(H,22,25). The molecule has 1 aromatic heterocycles. The predicted octanol–water partition coefficient (Wildman–Crippen LogP) is 2.52. The lowest BCUT2D eigenvalue weighted by molar-refractivity contribution is 0.0992. The van der Waals surface area contributed by atoms with Crippen molar-refractivity contribution in [2.75, 3.05) is 5.32 Å². The van der Waals surface area contributed by atoms with Crippen LogP contribution in [0.15, 0.2) is 53.5 Å². The summed E-state index contributed by atoms with van der Waals surface area (Å²) in [5.74, 6) is -2.13. The van der Waals surface area contributed by atoms with Crippen molar-refractivity contribution in [3.63, 3.8) is 0 Å². The highest BCUT2D eigenvalue weighted by atomic mass is 79.9. The Morgan fingerprint density at radius 2 is 1.96 bits per heavy atom. The molecule has 25 heavy (non-hydrogen) atoms. The Morgan fingerprint density at radius 3 is 2.64 bits per heavy atom. The second kappa shape index (κ2) is 6.81. The fourth-order valence-electron chi connectivity index (χ4n) is 2.21. The van der Waals surface area contributed by atoms with Crippen LogP contribution in [0.4, 0.5) is 10.1 Å². The van der Waals surface area contributed by atoms with E-state index in [1.54, 1.807) is 18.2 Å². The van der Waals surface area contributed by atoms with Crippen LogP contribution in [0.25, 0.3) is 5.69 Å². The van der Waals surface area contributed by atoms with Crippen molar-refractivity contribution in [3.05, 3.63) is 70.5 Å². The molecule has 2 amide bonds. The van der Waals surface area contributed by atoms with E-state index in [0.717, 1.165) is 10.5 Å². The number of nitrogens with one attached hydrogen (secondary N) is 1. The summed E-state index contributed by atoms with van der Waals surface area (Å²) in [5.41, 5.74) is 5.88. The normalized spacial score (nSPS) is 10.5. The average molecular weight is 404 g/mol. The van der Waals surface area contributed by atoms with Crippen molar-refractivity contribution in [2.45, 2.75) is 0 Å². The first-order valence-corrected chi connectivity index (χ1v) is 7.80. The minimum absolute atomic E-state index is 0.243. The second-order valence-corrected chi connectivity index (χ2v) is 5.93. The first kappa shape index (κ1) is 16.8. The monoisotopic (exact) mass is 403 g/mol. The molecular formula is C16H11BrFN5O2. The Hall–Kier alpha value is -3.07. The van der Waals surface area contributed by atoms with E-state index in [0.29, 0.717) is 11.3 Å². The molecule has 9 heteroatoms. The first-order chi connectivity index (χ1) is 12.0. The van der Waals surface area contributed by atoms with Gasteiger partial charge in [-0.25, -0.2) is 14.1 Å². The number of anilines is 1. The van der Waals surface area contributed by atoms with E-state index in [1.807, 2.05) is 0 Å². The van der Waals surface area contributed by atoms with Crippen LogP contribution in [0.5, 0.6) is 0 Å². The Morgan fingerprint density at radius 1 is 1.16 bits per heavy atom. The molecule has 0 aliphatic carbocycles. The van der Waals surface area contributed by atoms with Crippen LogP contribution in [-0.4, -0.2) is 26.6 Å². The van der Waals surface area contributed by atoms with Crippen LogP contribution in [0.2, 0.25) is 0 Å². The van der Waals surface area contributed by atoms with Crippen molar-refractivity contribution in [1.29, 1.82) is 0 Å². The van der Waals surface area contributed by atoms with Gasteiger partial charge in [0, 0.05) is 10.2 Å². The molecule has 3 N–H and O–H groups in total. The lowest BCUT2D eigenvalue weighted by atomic mass is 10.1. The molecule has 0 aliphatic heterocycles. The molecule has 3 aromatic rings. The highest BCUT2D eigenvalue weighted by molar-refractivity contribution is 9.10. The van der Waals surface area contributed by atoms with Gasteiger partial charge in [0.15, 0.2) is 0 Å². The summed E-state index contributed by atoms with van der Waals surface area (Å²) >= 11 is 3.35. The SMILES string of the molecule is NC(=O)c1cc(NC(=O)c2ccc(Br)cc2-n2cncn2)ccc1F. The number of primary amides is 1. The number of benzene rings is 2. The van der Waals surface area contributed by atoms with E-state index < -0.39 is 17.6 Å². The van der Waals surface area contributed by atoms with Crippen molar-refractivity contribution in [1.82, 2.24) is 14.8 Å². The molecule has 0 atom stereocenters. The lowest BCUT2D eigenvalue weighted by Gasteiger charge is -2.11. The summed E-state index contributed by atoms with van der Waals surface area (Å²) in [6.45, 7) is 0. The van der Waals surface area contributed by atoms with Crippen molar-refractivity contribution in [3.8, 4) is 5.69 Å². The summed E-state index contributed by atoms with van der Waals surface area (Å²) in [5, 5.41) is 6.63. The van der Waals surface area contributed by atoms with Crippen molar-refractivity contribution < 1.29 is 14.0 Å². The molecule has 7 nitrogen and oxygen atoms in total. The third-order valence-electron chi connectivity index (χ3n) is 3.36. The molecule has 0 bridgehead atoms. The molecule has 0 fully saturated rings. The maximum atomic E-state index is 13.5. The van der Waals surface area contributed by atoms with E-state index in [4.69, 9.17) is 5.73 Å². The summed E-state index contributed by atoms with van der Waals surface area (Å²) in [4.78, 5) is 27.7. The number of carbonyl (C=O) groups excluding carboxylic acids is 2. The lowest BCUT2D eigenvalue weighted by Crippen LogP contribution is -2.17. The molecule has 0 spiro atoms. The zero-order valence-corrected chi connectivity index (χ0v) is 14.2. The number of halogens is 2. The van der Waals surface area contributed by atoms with E-state index in [2.05, 4.69) is 31.3 Å². The van der Waals surface area contributed by atoms with Crippen LogP contribution in [0.3, 0.4) is 0 Å². The first-order valence-electron chi connectivity index (χ1n) is 7.01. The van der Waals surface area contributed by atoms with E-state index in [1.165, 1.54) is 29.5 Å². The molecule has 0 radical (unpaired) electrons. The summed E-state index contributed by atoms with van der Waals surface area (Å²) in [6.07, 6.45) is 2.81. The van der Waals surface area contributed by atoms with Gasteiger partial charge in [0.25, 0.3) is 11.8 Å². The molecule has 126 valence electrons. The molecule has 1 heterocycles. The molecule has 0 saturated carbocycles. The van der Waals surface area contributed by atoms with E-state index in [-0.39, 0.29) is 11.3 Å². The number of aromatic nitrogens is 3. The quantitative estimate of drug-likeness (QED) is 0.698. The number of nitrogens with zero attached hydrogens (tertiary/aromatic N) is 3. The maximum Gasteiger partial charge on any atom is 0.257 e. The second-order valence-electron chi connectivity index (χ2n) is 5.01. The van der Waals surface area contributed by atoms with Crippen molar-refractivity contribution >= 4 is 33.4 Å². The van der Waals surface area contributed by atoms with E-state index >= 15 is 0 Å². The zero-order chi connectivity index (χ0) is 18.0. The van der Waals surface area contributed by atoms with Gasteiger partial charge >= 0.3 is 0 Å². The van der Waals surface area contributed by atoms with Gasteiger partial charge in [-0.3, -0.25) is 9.59 Å². The van der Waals surface area contributed by atoms with Gasteiger partial charge in [0.1, 0.15) is 18.5 Å². The highest BCUT2D eigenvalue weighted by Gasteiger charge is 2.16. The van der Waals surface area contributed by atoms with Crippen LogP contribution in [0, 0.1) is 5.82 Å². The molecule has 3 rings (SSSR count). The summed E-state index contributed by atoms with van der Waals surface area (Å²) < 4.78 is 15.7.